The highest BCUT2D eigenvalue weighted by Gasteiger charge is 2.26. The average Bonchev–Trinajstić information content (AvgIpc) is 2.72. The Morgan fingerprint density at radius 1 is 1.29 bits per heavy atom. The molecular weight excluding hydrogens is 270 g/mol. The lowest BCUT2D eigenvalue weighted by Crippen LogP contribution is -2.48. The number of aromatic nitrogens is 2. The summed E-state index contributed by atoms with van der Waals surface area (Å²) in [6, 6.07) is 0. The number of anilines is 1. The molecule has 1 fully saturated rings. The van der Waals surface area contributed by atoms with Gasteiger partial charge in [0, 0.05) is 46.3 Å². The van der Waals surface area contributed by atoms with Crippen molar-refractivity contribution in [1.29, 1.82) is 0 Å². The van der Waals surface area contributed by atoms with Crippen LogP contribution in [0.1, 0.15) is 16.1 Å². The zero-order valence-corrected chi connectivity index (χ0v) is 13.3. The van der Waals surface area contributed by atoms with Gasteiger partial charge in [-0.1, -0.05) is 0 Å². The fourth-order valence-corrected chi connectivity index (χ4v) is 2.78. The maximum atomic E-state index is 11.4. The van der Waals surface area contributed by atoms with Crippen molar-refractivity contribution in [3.8, 4) is 0 Å². The monoisotopic (exact) mass is 295 g/mol. The molecule has 0 aromatic carbocycles. The van der Waals surface area contributed by atoms with Crippen LogP contribution in [0.25, 0.3) is 0 Å². The van der Waals surface area contributed by atoms with E-state index in [1.807, 2.05) is 7.05 Å². The van der Waals surface area contributed by atoms with Gasteiger partial charge in [0.1, 0.15) is 11.4 Å². The largest absolute Gasteiger partial charge is 0.477 e. The van der Waals surface area contributed by atoms with Crippen LogP contribution in [-0.4, -0.2) is 84.0 Å². The molecule has 0 bridgehead atoms. The highest BCUT2D eigenvalue weighted by molar-refractivity contribution is 5.94. The molecule has 1 aromatic heterocycles. The number of hydrogen-bond donors (Lipinski definition) is 1. The molecular formula is C14H25N5O2. The Balaban J connectivity index is 2.04. The van der Waals surface area contributed by atoms with E-state index in [1.165, 1.54) is 0 Å². The van der Waals surface area contributed by atoms with Gasteiger partial charge >= 0.3 is 5.97 Å². The van der Waals surface area contributed by atoms with Crippen LogP contribution < -0.4 is 4.90 Å². The zero-order chi connectivity index (χ0) is 15.6. The summed E-state index contributed by atoms with van der Waals surface area (Å²) in [5.74, 6) is -0.169. The van der Waals surface area contributed by atoms with Gasteiger partial charge in [0.25, 0.3) is 0 Å². The van der Waals surface area contributed by atoms with E-state index in [0.717, 1.165) is 45.1 Å². The van der Waals surface area contributed by atoms with Crippen LogP contribution in [0.15, 0.2) is 0 Å². The number of carbonyl (C=O) groups is 1. The molecule has 1 saturated heterocycles. The molecule has 2 heterocycles. The van der Waals surface area contributed by atoms with Gasteiger partial charge in [-0.2, -0.15) is 5.10 Å². The highest BCUT2D eigenvalue weighted by Crippen LogP contribution is 2.24. The van der Waals surface area contributed by atoms with Crippen molar-refractivity contribution < 1.29 is 9.90 Å². The van der Waals surface area contributed by atoms with E-state index >= 15 is 0 Å². The number of aryl methyl sites for hydroxylation is 2. The van der Waals surface area contributed by atoms with E-state index in [0.29, 0.717) is 11.3 Å². The summed E-state index contributed by atoms with van der Waals surface area (Å²) < 4.78 is 1.69. The van der Waals surface area contributed by atoms with Gasteiger partial charge in [-0.25, -0.2) is 4.79 Å². The summed E-state index contributed by atoms with van der Waals surface area (Å²) in [5, 5.41) is 13.7. The molecule has 2 rings (SSSR count). The molecule has 7 heteroatoms. The lowest BCUT2D eigenvalue weighted by molar-refractivity contribution is 0.0696. The Kier molecular flexibility index (Phi) is 4.84. The van der Waals surface area contributed by atoms with Crippen LogP contribution in [0.2, 0.25) is 0 Å². The van der Waals surface area contributed by atoms with Gasteiger partial charge in [-0.05, 0) is 21.0 Å². The van der Waals surface area contributed by atoms with Gasteiger partial charge in [0.2, 0.25) is 0 Å². The molecule has 1 N–H and O–H groups in total. The second-order valence-corrected chi connectivity index (χ2v) is 5.84. The van der Waals surface area contributed by atoms with E-state index in [-0.39, 0.29) is 0 Å². The minimum absolute atomic E-state index is 0.333. The maximum Gasteiger partial charge on any atom is 0.341 e. The Morgan fingerprint density at radius 2 is 1.90 bits per heavy atom. The third kappa shape index (κ3) is 3.54. The number of carboxylic acid groups (broad SMARTS) is 1. The molecule has 1 aliphatic rings. The van der Waals surface area contributed by atoms with Crippen molar-refractivity contribution in [2.75, 3.05) is 58.3 Å². The lowest BCUT2D eigenvalue weighted by atomic mass is 10.2. The summed E-state index contributed by atoms with van der Waals surface area (Å²) in [6.45, 7) is 7.44. The van der Waals surface area contributed by atoms with Crippen LogP contribution in [0.5, 0.6) is 0 Å². The number of nitrogens with zero attached hydrogens (tertiary/aromatic N) is 5. The van der Waals surface area contributed by atoms with Crippen molar-refractivity contribution in [1.82, 2.24) is 19.6 Å². The molecule has 0 amide bonds. The fraction of sp³-hybridized carbons (Fsp3) is 0.714. The van der Waals surface area contributed by atoms with Gasteiger partial charge < -0.3 is 14.9 Å². The first-order valence-corrected chi connectivity index (χ1v) is 7.29. The Bertz CT molecular complexity index is 504. The molecule has 0 saturated carbocycles. The van der Waals surface area contributed by atoms with E-state index in [2.05, 4.69) is 33.9 Å². The van der Waals surface area contributed by atoms with Gasteiger partial charge in [0.15, 0.2) is 0 Å². The predicted octanol–water partition coefficient (Wildman–Crippen LogP) is 0.110. The fourth-order valence-electron chi connectivity index (χ4n) is 2.78. The van der Waals surface area contributed by atoms with Crippen LogP contribution in [0.4, 0.5) is 5.82 Å². The predicted molar refractivity (Wildman–Crippen MR) is 82.1 cm³/mol. The normalized spacial score (nSPS) is 16.7. The van der Waals surface area contributed by atoms with Gasteiger partial charge in [0.05, 0.1) is 5.69 Å². The minimum atomic E-state index is -0.898. The van der Waals surface area contributed by atoms with Crippen molar-refractivity contribution in [3.05, 3.63) is 11.3 Å². The van der Waals surface area contributed by atoms with Crippen LogP contribution in [0.3, 0.4) is 0 Å². The van der Waals surface area contributed by atoms with Crippen molar-refractivity contribution in [3.63, 3.8) is 0 Å². The zero-order valence-electron chi connectivity index (χ0n) is 13.3. The average molecular weight is 295 g/mol. The molecule has 0 unspecified atom stereocenters. The van der Waals surface area contributed by atoms with Crippen molar-refractivity contribution >= 4 is 11.8 Å². The lowest BCUT2D eigenvalue weighted by Gasteiger charge is -2.36. The maximum absolute atomic E-state index is 11.4. The minimum Gasteiger partial charge on any atom is -0.477 e. The molecule has 7 nitrogen and oxygen atoms in total. The molecule has 118 valence electrons. The molecule has 0 spiro atoms. The van der Waals surface area contributed by atoms with Crippen LogP contribution >= 0.6 is 0 Å². The third-order valence-electron chi connectivity index (χ3n) is 3.94. The van der Waals surface area contributed by atoms with E-state index in [1.54, 1.807) is 11.6 Å². The van der Waals surface area contributed by atoms with Crippen molar-refractivity contribution in [2.45, 2.75) is 6.92 Å². The van der Waals surface area contributed by atoms with Crippen molar-refractivity contribution in [2.24, 2.45) is 7.05 Å². The van der Waals surface area contributed by atoms with E-state index in [4.69, 9.17) is 0 Å². The highest BCUT2D eigenvalue weighted by atomic mass is 16.4. The molecule has 0 atom stereocenters. The SMILES string of the molecule is Cc1nn(C)c(N2CCN(CCN(C)C)CC2)c1C(=O)O. The third-order valence-corrected chi connectivity index (χ3v) is 3.94. The standard InChI is InChI=1S/C14H25N5O2/c1-11-12(14(20)21)13(17(4)15-11)19-9-7-18(8-10-19)6-5-16(2)3/h5-10H2,1-4H3,(H,20,21). The molecule has 21 heavy (non-hydrogen) atoms. The molecule has 1 aliphatic heterocycles. The van der Waals surface area contributed by atoms with Gasteiger partial charge in [-0.3, -0.25) is 9.58 Å². The van der Waals surface area contributed by atoms with E-state index in [9.17, 15) is 9.90 Å². The Hall–Kier alpha value is -1.60. The number of aromatic carboxylic acids is 1. The number of rotatable bonds is 5. The second-order valence-electron chi connectivity index (χ2n) is 5.84. The first-order valence-electron chi connectivity index (χ1n) is 7.29. The summed E-state index contributed by atoms with van der Waals surface area (Å²) in [5.41, 5.74) is 0.911. The number of hydrogen-bond acceptors (Lipinski definition) is 5. The molecule has 1 aromatic rings. The second kappa shape index (κ2) is 6.44. The number of carboxylic acids is 1. The summed E-state index contributed by atoms with van der Waals surface area (Å²) >= 11 is 0. The summed E-state index contributed by atoms with van der Waals surface area (Å²) in [4.78, 5) is 18.2. The Labute approximate surface area is 125 Å². The first-order chi connectivity index (χ1) is 9.90. The smallest absolute Gasteiger partial charge is 0.341 e. The van der Waals surface area contributed by atoms with Gasteiger partial charge in [-0.15, -0.1) is 0 Å². The number of likely N-dealkylation sites (N-methyl/N-ethyl adjacent to an activating group) is 1. The Morgan fingerprint density at radius 3 is 2.43 bits per heavy atom. The number of piperazine rings is 1. The summed E-state index contributed by atoms with van der Waals surface area (Å²) in [7, 11) is 5.97. The quantitative estimate of drug-likeness (QED) is 0.832. The first kappa shape index (κ1) is 15.8. The van der Waals surface area contributed by atoms with Crippen LogP contribution in [0, 0.1) is 6.92 Å². The van der Waals surface area contributed by atoms with Crippen LogP contribution in [-0.2, 0) is 7.05 Å². The summed E-state index contributed by atoms with van der Waals surface area (Å²) in [6.07, 6.45) is 0. The molecule has 0 aliphatic carbocycles. The topological polar surface area (TPSA) is 64.8 Å². The van der Waals surface area contributed by atoms with E-state index < -0.39 is 5.97 Å². The molecule has 0 radical (unpaired) electrons.